The Balaban J connectivity index is 2.18. The van der Waals surface area contributed by atoms with Crippen LogP contribution in [0.2, 0.25) is 0 Å². The van der Waals surface area contributed by atoms with Crippen molar-refractivity contribution in [2.75, 3.05) is 7.11 Å². The third kappa shape index (κ3) is 5.49. The first-order valence-corrected chi connectivity index (χ1v) is 10.8. The Bertz CT molecular complexity index is 1220. The fourth-order valence-electron chi connectivity index (χ4n) is 3.86. The van der Waals surface area contributed by atoms with Crippen molar-refractivity contribution in [3.8, 4) is 11.3 Å². The van der Waals surface area contributed by atoms with Crippen molar-refractivity contribution in [2.45, 2.75) is 44.8 Å². The summed E-state index contributed by atoms with van der Waals surface area (Å²) in [6.45, 7) is 3.94. The molecule has 0 aliphatic heterocycles. The zero-order valence-electron chi connectivity index (χ0n) is 19.1. The van der Waals surface area contributed by atoms with Crippen LogP contribution in [0.5, 0.6) is 0 Å². The molecule has 8 nitrogen and oxygen atoms in total. The average molecular weight is 470 g/mol. The summed E-state index contributed by atoms with van der Waals surface area (Å²) in [5.41, 5.74) is 3.42. The molecule has 3 aromatic rings. The molecule has 2 unspecified atom stereocenters. The molecule has 0 aliphatic rings. The molecule has 34 heavy (non-hydrogen) atoms. The van der Waals surface area contributed by atoms with Crippen molar-refractivity contribution in [3.05, 3.63) is 65.1 Å². The SMILES string of the molecule is COC(=O)c1ccc2c(C(C)C)c(/C=C/C(O)CC(O)CC(=O)O)c(-c3ccc(F)cc3)nn12. The molecule has 180 valence electrons. The van der Waals surface area contributed by atoms with Crippen LogP contribution in [0.25, 0.3) is 22.9 Å². The fourth-order valence-corrected chi connectivity index (χ4v) is 3.86. The lowest BCUT2D eigenvalue weighted by Crippen LogP contribution is -2.19. The van der Waals surface area contributed by atoms with Gasteiger partial charge in [0, 0.05) is 17.5 Å². The Morgan fingerprint density at radius 1 is 1.15 bits per heavy atom. The van der Waals surface area contributed by atoms with E-state index in [9.17, 15) is 24.2 Å². The number of nitrogens with zero attached hydrogens (tertiary/aromatic N) is 2. The molecule has 0 spiro atoms. The summed E-state index contributed by atoms with van der Waals surface area (Å²) in [6, 6.07) is 9.11. The lowest BCUT2D eigenvalue weighted by Gasteiger charge is -2.18. The van der Waals surface area contributed by atoms with E-state index < -0.39 is 36.4 Å². The lowest BCUT2D eigenvalue weighted by molar-refractivity contribution is -0.139. The van der Waals surface area contributed by atoms with E-state index in [1.165, 1.54) is 29.8 Å². The highest BCUT2D eigenvalue weighted by atomic mass is 19.1. The second-order valence-electron chi connectivity index (χ2n) is 8.26. The number of hydrogen-bond donors (Lipinski definition) is 3. The van der Waals surface area contributed by atoms with Gasteiger partial charge in [-0.25, -0.2) is 13.7 Å². The number of hydrogen-bond acceptors (Lipinski definition) is 6. The lowest BCUT2D eigenvalue weighted by atomic mass is 9.93. The minimum atomic E-state index is -1.20. The number of carbonyl (C=O) groups excluding carboxylic acids is 1. The number of rotatable bonds is 9. The molecule has 2 heterocycles. The van der Waals surface area contributed by atoms with Crippen LogP contribution >= 0.6 is 0 Å². The summed E-state index contributed by atoms with van der Waals surface area (Å²) in [5.74, 6) is -2.16. The van der Waals surface area contributed by atoms with Crippen molar-refractivity contribution in [3.63, 3.8) is 0 Å². The molecule has 1 aromatic carbocycles. The van der Waals surface area contributed by atoms with Crippen LogP contribution in [0.15, 0.2) is 42.5 Å². The number of methoxy groups -OCH3 is 1. The number of aromatic nitrogens is 2. The van der Waals surface area contributed by atoms with E-state index in [-0.39, 0.29) is 18.0 Å². The standard InChI is InChI=1S/C25H27FN2O6/c1-14(2)23-19(9-8-17(29)12-18(30)13-22(31)32)24(15-4-6-16(26)7-5-15)27-28-20(23)10-11-21(28)25(33)34-3/h4-11,14,17-18,29-30H,12-13H2,1-3H3,(H,31,32)/b9-8+. The maximum atomic E-state index is 13.6. The van der Waals surface area contributed by atoms with Crippen LogP contribution in [-0.2, 0) is 9.53 Å². The zero-order chi connectivity index (χ0) is 25.0. The second kappa shape index (κ2) is 10.6. The number of esters is 1. The van der Waals surface area contributed by atoms with Gasteiger partial charge in [-0.1, -0.05) is 26.0 Å². The van der Waals surface area contributed by atoms with Crippen LogP contribution in [0.1, 0.15) is 54.2 Å². The number of benzene rings is 1. The summed E-state index contributed by atoms with van der Waals surface area (Å²) in [6.07, 6.45) is 0.179. The Hall–Kier alpha value is -3.56. The van der Waals surface area contributed by atoms with Crippen molar-refractivity contribution < 1.29 is 34.0 Å². The summed E-state index contributed by atoms with van der Waals surface area (Å²) in [7, 11) is 1.28. The van der Waals surface area contributed by atoms with Gasteiger partial charge in [0.05, 0.1) is 36.9 Å². The summed E-state index contributed by atoms with van der Waals surface area (Å²) in [5, 5.41) is 33.7. The first-order chi connectivity index (χ1) is 16.1. The summed E-state index contributed by atoms with van der Waals surface area (Å²) >= 11 is 0. The molecule has 2 aromatic heterocycles. The van der Waals surface area contributed by atoms with Gasteiger partial charge in [0.25, 0.3) is 0 Å². The predicted molar refractivity (Wildman–Crippen MR) is 124 cm³/mol. The number of aliphatic hydroxyl groups is 2. The van der Waals surface area contributed by atoms with Crippen molar-refractivity contribution >= 4 is 23.5 Å². The molecule has 0 saturated carbocycles. The summed E-state index contributed by atoms with van der Waals surface area (Å²) < 4.78 is 20.0. The monoisotopic (exact) mass is 470 g/mol. The van der Waals surface area contributed by atoms with Crippen LogP contribution in [0.3, 0.4) is 0 Å². The van der Waals surface area contributed by atoms with E-state index in [1.807, 2.05) is 13.8 Å². The van der Waals surface area contributed by atoms with Gasteiger partial charge in [-0.3, -0.25) is 4.79 Å². The number of aliphatic hydroxyl groups excluding tert-OH is 2. The molecule has 0 radical (unpaired) electrons. The molecule has 9 heteroatoms. The topological polar surface area (TPSA) is 121 Å². The van der Waals surface area contributed by atoms with Crippen LogP contribution in [-0.4, -0.2) is 56.2 Å². The predicted octanol–water partition coefficient (Wildman–Crippen LogP) is 3.65. The van der Waals surface area contributed by atoms with E-state index in [0.29, 0.717) is 22.3 Å². The Kier molecular flexibility index (Phi) is 7.80. The highest BCUT2D eigenvalue weighted by Gasteiger charge is 2.22. The largest absolute Gasteiger partial charge is 0.481 e. The molecule has 3 N–H and O–H groups in total. The van der Waals surface area contributed by atoms with Crippen molar-refractivity contribution in [2.24, 2.45) is 0 Å². The molecule has 0 amide bonds. The fraction of sp³-hybridized carbons (Fsp3) is 0.320. The maximum Gasteiger partial charge on any atom is 0.356 e. The molecule has 2 atom stereocenters. The van der Waals surface area contributed by atoms with E-state index >= 15 is 0 Å². The van der Waals surface area contributed by atoms with Gasteiger partial charge >= 0.3 is 11.9 Å². The van der Waals surface area contributed by atoms with Crippen LogP contribution < -0.4 is 0 Å². The first kappa shape index (κ1) is 25.1. The molecule has 0 fully saturated rings. The third-order valence-corrected chi connectivity index (χ3v) is 5.38. The minimum Gasteiger partial charge on any atom is -0.481 e. The second-order valence-corrected chi connectivity index (χ2v) is 8.26. The van der Waals surface area contributed by atoms with Gasteiger partial charge in [0.15, 0.2) is 5.69 Å². The Morgan fingerprint density at radius 2 is 1.82 bits per heavy atom. The highest BCUT2D eigenvalue weighted by molar-refractivity contribution is 5.90. The third-order valence-electron chi connectivity index (χ3n) is 5.38. The molecule has 3 rings (SSSR count). The highest BCUT2D eigenvalue weighted by Crippen LogP contribution is 2.34. The summed E-state index contributed by atoms with van der Waals surface area (Å²) in [4.78, 5) is 23.1. The molecule has 0 aliphatic carbocycles. The maximum absolute atomic E-state index is 13.6. The smallest absolute Gasteiger partial charge is 0.356 e. The molecular weight excluding hydrogens is 443 g/mol. The van der Waals surface area contributed by atoms with Gasteiger partial charge in [0.2, 0.25) is 0 Å². The van der Waals surface area contributed by atoms with E-state index in [4.69, 9.17) is 9.84 Å². The normalized spacial score (nSPS) is 13.5. The molecule has 0 saturated heterocycles. The Labute approximate surface area is 195 Å². The quantitative estimate of drug-likeness (QED) is 0.408. The first-order valence-electron chi connectivity index (χ1n) is 10.8. The number of halogens is 1. The van der Waals surface area contributed by atoms with Gasteiger partial charge in [-0.05, 0) is 47.9 Å². The van der Waals surface area contributed by atoms with E-state index in [0.717, 1.165) is 5.56 Å². The van der Waals surface area contributed by atoms with Crippen molar-refractivity contribution in [1.82, 2.24) is 9.61 Å². The number of carboxylic acids is 1. The van der Waals surface area contributed by atoms with Crippen LogP contribution in [0, 0.1) is 5.82 Å². The number of fused-ring (bicyclic) bond motifs is 1. The zero-order valence-corrected chi connectivity index (χ0v) is 19.1. The Morgan fingerprint density at radius 3 is 2.41 bits per heavy atom. The van der Waals surface area contributed by atoms with Gasteiger partial charge in [-0.2, -0.15) is 5.10 Å². The van der Waals surface area contributed by atoms with E-state index in [1.54, 1.807) is 30.3 Å². The van der Waals surface area contributed by atoms with Gasteiger partial charge < -0.3 is 20.1 Å². The number of aliphatic carboxylic acids is 1. The van der Waals surface area contributed by atoms with Gasteiger partial charge in [-0.15, -0.1) is 0 Å². The van der Waals surface area contributed by atoms with Crippen molar-refractivity contribution in [1.29, 1.82) is 0 Å². The molecular formula is C25H27FN2O6. The minimum absolute atomic E-state index is 0.0283. The average Bonchev–Trinajstić information content (AvgIpc) is 3.19. The number of carbonyl (C=O) groups is 2. The number of carboxylic acid groups (broad SMARTS) is 1. The van der Waals surface area contributed by atoms with E-state index in [2.05, 4.69) is 5.10 Å². The number of ether oxygens (including phenoxy) is 1. The molecule has 0 bridgehead atoms. The van der Waals surface area contributed by atoms with Crippen LogP contribution in [0.4, 0.5) is 4.39 Å². The van der Waals surface area contributed by atoms with Gasteiger partial charge in [0.1, 0.15) is 5.82 Å².